The van der Waals surface area contributed by atoms with E-state index in [1.807, 2.05) is 24.3 Å². The smallest absolute Gasteiger partial charge is 0.142 e. The third kappa shape index (κ3) is 2.22. The monoisotopic (exact) mass is 253 g/mol. The molecule has 0 atom stereocenters. The Hall–Kier alpha value is -0.670. The van der Waals surface area contributed by atoms with E-state index in [9.17, 15) is 4.79 Å². The number of halogens is 1. The van der Waals surface area contributed by atoms with Crippen LogP contribution in [0.1, 0.15) is 5.56 Å². The summed E-state index contributed by atoms with van der Waals surface area (Å²) in [5.41, 5.74) is 1.09. The molecule has 2 nitrogen and oxygen atoms in total. The summed E-state index contributed by atoms with van der Waals surface area (Å²) in [6, 6.07) is 7.93. The molecule has 1 N–H and O–H groups in total. The fourth-order valence-electron chi connectivity index (χ4n) is 1.51. The van der Waals surface area contributed by atoms with Crippen molar-refractivity contribution in [2.24, 2.45) is 5.92 Å². The first kappa shape index (κ1) is 9.87. The lowest BCUT2D eigenvalue weighted by molar-refractivity contribution is -0.123. The first-order valence-electron chi connectivity index (χ1n) is 4.73. The van der Waals surface area contributed by atoms with Crippen LogP contribution in [0.5, 0.6) is 0 Å². The van der Waals surface area contributed by atoms with Crippen molar-refractivity contribution in [3.05, 3.63) is 34.3 Å². The maximum absolute atomic E-state index is 11.7. The molecule has 0 bridgehead atoms. The Balaban J connectivity index is 1.99. The number of hydrogen-bond donors (Lipinski definition) is 1. The summed E-state index contributed by atoms with van der Waals surface area (Å²) in [6.45, 7) is 1.71. The van der Waals surface area contributed by atoms with E-state index in [4.69, 9.17) is 0 Å². The minimum absolute atomic E-state index is 0.244. The minimum atomic E-state index is 0.244. The molecule has 0 unspecified atom stereocenters. The molecule has 1 fully saturated rings. The van der Waals surface area contributed by atoms with E-state index in [-0.39, 0.29) is 5.92 Å². The van der Waals surface area contributed by atoms with Crippen molar-refractivity contribution in [2.45, 2.75) is 6.42 Å². The van der Waals surface area contributed by atoms with E-state index < -0.39 is 0 Å². The van der Waals surface area contributed by atoms with Crippen LogP contribution in [-0.4, -0.2) is 18.9 Å². The van der Waals surface area contributed by atoms with Crippen LogP contribution in [0.15, 0.2) is 28.7 Å². The van der Waals surface area contributed by atoms with Gasteiger partial charge in [-0.3, -0.25) is 4.79 Å². The Bertz CT molecular complexity index is 347. The highest BCUT2D eigenvalue weighted by Gasteiger charge is 2.24. The fourth-order valence-corrected chi connectivity index (χ4v) is 1.96. The molecule has 14 heavy (non-hydrogen) atoms. The maximum atomic E-state index is 11.7. The van der Waals surface area contributed by atoms with Crippen molar-refractivity contribution in [1.29, 1.82) is 0 Å². The summed E-state index contributed by atoms with van der Waals surface area (Å²) in [6.07, 6.45) is 0.561. The summed E-state index contributed by atoms with van der Waals surface area (Å²) < 4.78 is 1.04. The van der Waals surface area contributed by atoms with E-state index >= 15 is 0 Å². The van der Waals surface area contributed by atoms with E-state index in [1.54, 1.807) is 0 Å². The summed E-state index contributed by atoms with van der Waals surface area (Å²) >= 11 is 3.40. The van der Waals surface area contributed by atoms with E-state index in [2.05, 4.69) is 21.2 Å². The molecule has 1 heterocycles. The Kier molecular flexibility index (Phi) is 2.99. The van der Waals surface area contributed by atoms with Gasteiger partial charge in [-0.25, -0.2) is 0 Å². The molecule has 0 radical (unpaired) electrons. The molecular weight excluding hydrogens is 242 g/mol. The molecule has 1 aromatic rings. The van der Waals surface area contributed by atoms with Gasteiger partial charge in [0.05, 0.1) is 0 Å². The van der Waals surface area contributed by atoms with Gasteiger partial charge in [-0.2, -0.15) is 0 Å². The number of nitrogens with one attached hydrogen (secondary N) is 1. The quantitative estimate of drug-likeness (QED) is 0.890. The topological polar surface area (TPSA) is 29.1 Å². The van der Waals surface area contributed by atoms with E-state index in [0.717, 1.165) is 23.1 Å². The summed E-state index contributed by atoms with van der Waals surface area (Å²) in [4.78, 5) is 11.7. The normalized spacial score (nSPS) is 16.4. The van der Waals surface area contributed by atoms with Gasteiger partial charge in [-0.05, 0) is 17.7 Å². The fraction of sp³-hybridized carbons (Fsp3) is 0.364. The van der Waals surface area contributed by atoms with Gasteiger partial charge in [0.25, 0.3) is 0 Å². The molecule has 2 rings (SSSR count). The van der Waals surface area contributed by atoms with Gasteiger partial charge < -0.3 is 5.32 Å². The van der Waals surface area contributed by atoms with Crippen LogP contribution >= 0.6 is 15.9 Å². The Labute approximate surface area is 91.8 Å². The minimum Gasteiger partial charge on any atom is -0.315 e. The lowest BCUT2D eigenvalue weighted by Gasteiger charge is -2.25. The molecule has 1 saturated heterocycles. The molecule has 1 aromatic carbocycles. The van der Waals surface area contributed by atoms with Crippen LogP contribution in [0, 0.1) is 5.92 Å². The third-order valence-electron chi connectivity index (χ3n) is 2.50. The second-order valence-electron chi connectivity index (χ2n) is 3.63. The van der Waals surface area contributed by atoms with Gasteiger partial charge in [0.2, 0.25) is 0 Å². The molecular formula is C11H12BrNO. The lowest BCUT2D eigenvalue weighted by Crippen LogP contribution is -2.47. The van der Waals surface area contributed by atoms with Crippen molar-refractivity contribution in [3.63, 3.8) is 0 Å². The zero-order valence-electron chi connectivity index (χ0n) is 7.79. The number of rotatable bonds is 3. The van der Waals surface area contributed by atoms with Gasteiger partial charge in [-0.1, -0.05) is 28.1 Å². The Morgan fingerprint density at radius 2 is 2.29 bits per heavy atom. The highest BCUT2D eigenvalue weighted by atomic mass is 79.9. The molecule has 0 amide bonds. The third-order valence-corrected chi connectivity index (χ3v) is 3.00. The van der Waals surface area contributed by atoms with Crippen LogP contribution in [0.4, 0.5) is 0 Å². The zero-order chi connectivity index (χ0) is 9.97. The van der Waals surface area contributed by atoms with Crippen molar-refractivity contribution in [2.75, 3.05) is 13.1 Å². The Morgan fingerprint density at radius 1 is 1.50 bits per heavy atom. The molecule has 1 aliphatic heterocycles. The number of hydrogen-bond acceptors (Lipinski definition) is 2. The van der Waals surface area contributed by atoms with Gasteiger partial charge in [0, 0.05) is 29.9 Å². The van der Waals surface area contributed by atoms with Crippen LogP contribution in [0.25, 0.3) is 0 Å². The SMILES string of the molecule is O=C(Cc1cccc(Br)c1)C1CNC1. The largest absolute Gasteiger partial charge is 0.315 e. The summed E-state index contributed by atoms with van der Waals surface area (Å²) in [5, 5.41) is 3.11. The van der Waals surface area contributed by atoms with Gasteiger partial charge in [0.1, 0.15) is 5.78 Å². The van der Waals surface area contributed by atoms with Gasteiger partial charge >= 0.3 is 0 Å². The summed E-state index contributed by atoms with van der Waals surface area (Å²) in [7, 11) is 0. The van der Waals surface area contributed by atoms with Crippen LogP contribution in [0.3, 0.4) is 0 Å². The summed E-state index contributed by atoms with van der Waals surface area (Å²) in [5.74, 6) is 0.593. The molecule has 0 spiro atoms. The number of carbonyl (C=O) groups is 1. The standard InChI is InChI=1S/C11H12BrNO/c12-10-3-1-2-8(4-10)5-11(14)9-6-13-7-9/h1-4,9,13H,5-7H2. The van der Waals surface area contributed by atoms with Crippen molar-refractivity contribution in [1.82, 2.24) is 5.32 Å². The highest BCUT2D eigenvalue weighted by Crippen LogP contribution is 2.14. The first-order valence-corrected chi connectivity index (χ1v) is 5.53. The van der Waals surface area contributed by atoms with E-state index in [1.165, 1.54) is 0 Å². The molecule has 3 heteroatoms. The molecule has 1 aliphatic rings. The number of benzene rings is 1. The predicted molar refractivity (Wildman–Crippen MR) is 59.2 cm³/mol. The second kappa shape index (κ2) is 4.24. The average Bonchev–Trinajstić information content (AvgIpc) is 1.99. The van der Waals surface area contributed by atoms with Crippen LogP contribution in [-0.2, 0) is 11.2 Å². The predicted octanol–water partition coefficient (Wildman–Crippen LogP) is 1.78. The molecule has 0 aromatic heterocycles. The van der Waals surface area contributed by atoms with E-state index in [0.29, 0.717) is 12.2 Å². The van der Waals surface area contributed by atoms with Crippen molar-refractivity contribution < 1.29 is 4.79 Å². The Morgan fingerprint density at radius 3 is 2.86 bits per heavy atom. The average molecular weight is 254 g/mol. The number of carbonyl (C=O) groups excluding carboxylic acids is 1. The van der Waals surface area contributed by atoms with Crippen LogP contribution in [0.2, 0.25) is 0 Å². The first-order chi connectivity index (χ1) is 6.75. The zero-order valence-corrected chi connectivity index (χ0v) is 9.38. The molecule has 0 saturated carbocycles. The second-order valence-corrected chi connectivity index (χ2v) is 4.54. The lowest BCUT2D eigenvalue weighted by atomic mass is 9.93. The van der Waals surface area contributed by atoms with Crippen LogP contribution < -0.4 is 5.32 Å². The highest BCUT2D eigenvalue weighted by molar-refractivity contribution is 9.10. The number of ketones is 1. The van der Waals surface area contributed by atoms with Gasteiger partial charge in [0.15, 0.2) is 0 Å². The van der Waals surface area contributed by atoms with Gasteiger partial charge in [-0.15, -0.1) is 0 Å². The van der Waals surface area contributed by atoms with Crippen molar-refractivity contribution in [3.8, 4) is 0 Å². The van der Waals surface area contributed by atoms with Crippen molar-refractivity contribution >= 4 is 21.7 Å². The molecule has 74 valence electrons. The maximum Gasteiger partial charge on any atom is 0.142 e. The number of Topliss-reactive ketones (excluding diaryl/α,β-unsaturated/α-hetero) is 1. The molecule has 0 aliphatic carbocycles.